The lowest BCUT2D eigenvalue weighted by atomic mass is 10.1. The topological polar surface area (TPSA) is 17.1 Å². The average molecular weight is 228 g/mol. The fraction of sp³-hybridized carbons (Fsp3) is 0.214. The van der Waals surface area contributed by atoms with Crippen molar-refractivity contribution in [1.82, 2.24) is 0 Å². The first-order valence-electron chi connectivity index (χ1n) is 5.49. The average Bonchev–Trinajstić information content (AvgIpc) is 2.95. The molecule has 1 aromatic carbocycles. The van der Waals surface area contributed by atoms with Crippen LogP contribution >= 0.6 is 11.3 Å². The minimum Gasteiger partial charge on any atom is -0.294 e. The van der Waals surface area contributed by atoms with E-state index in [1.807, 2.05) is 30.3 Å². The van der Waals surface area contributed by atoms with Crippen molar-refractivity contribution in [3.05, 3.63) is 58.3 Å². The molecule has 1 fully saturated rings. The van der Waals surface area contributed by atoms with Crippen molar-refractivity contribution in [2.75, 3.05) is 0 Å². The summed E-state index contributed by atoms with van der Waals surface area (Å²) >= 11 is 1.76. The molecule has 2 heteroatoms. The third kappa shape index (κ3) is 1.69. The molecule has 0 radical (unpaired) electrons. The number of benzene rings is 1. The maximum atomic E-state index is 12.1. The molecule has 3 rings (SSSR count). The van der Waals surface area contributed by atoms with Gasteiger partial charge in [0.1, 0.15) is 0 Å². The van der Waals surface area contributed by atoms with Crippen molar-refractivity contribution in [2.24, 2.45) is 5.92 Å². The highest BCUT2D eigenvalue weighted by molar-refractivity contribution is 7.10. The summed E-state index contributed by atoms with van der Waals surface area (Å²) in [6.45, 7) is 0. The first-order chi connectivity index (χ1) is 7.86. The van der Waals surface area contributed by atoms with Gasteiger partial charge in [-0.25, -0.2) is 0 Å². The molecule has 0 unspecified atom stereocenters. The van der Waals surface area contributed by atoms with Gasteiger partial charge in [0, 0.05) is 22.3 Å². The summed E-state index contributed by atoms with van der Waals surface area (Å²) in [6.07, 6.45) is 1.02. The van der Waals surface area contributed by atoms with Crippen LogP contribution in [0.3, 0.4) is 0 Å². The summed E-state index contributed by atoms with van der Waals surface area (Å²) < 4.78 is 0. The normalized spacial score (nSPS) is 23.0. The van der Waals surface area contributed by atoms with Crippen molar-refractivity contribution in [3.8, 4) is 0 Å². The van der Waals surface area contributed by atoms with Crippen LogP contribution in [0, 0.1) is 5.92 Å². The zero-order chi connectivity index (χ0) is 11.0. The van der Waals surface area contributed by atoms with Gasteiger partial charge in [-0.15, -0.1) is 11.3 Å². The second-order valence-electron chi connectivity index (χ2n) is 4.19. The molecule has 0 bridgehead atoms. The van der Waals surface area contributed by atoms with Gasteiger partial charge >= 0.3 is 0 Å². The first-order valence-corrected chi connectivity index (χ1v) is 6.37. The Kier molecular flexibility index (Phi) is 2.37. The van der Waals surface area contributed by atoms with Crippen molar-refractivity contribution in [3.63, 3.8) is 0 Å². The van der Waals surface area contributed by atoms with Gasteiger partial charge in [-0.05, 0) is 17.9 Å². The van der Waals surface area contributed by atoms with Crippen LogP contribution in [0.2, 0.25) is 0 Å². The summed E-state index contributed by atoms with van der Waals surface area (Å²) in [5.74, 6) is 1.01. The minimum absolute atomic E-state index is 0.223. The Hall–Kier alpha value is -1.41. The molecule has 0 aliphatic heterocycles. The summed E-state index contributed by atoms with van der Waals surface area (Å²) in [5.41, 5.74) is 0.853. The summed E-state index contributed by atoms with van der Waals surface area (Å²) in [6, 6.07) is 13.8. The van der Waals surface area contributed by atoms with Gasteiger partial charge in [0.05, 0.1) is 0 Å². The van der Waals surface area contributed by atoms with E-state index >= 15 is 0 Å². The molecule has 2 aromatic rings. The summed E-state index contributed by atoms with van der Waals surface area (Å²) in [4.78, 5) is 13.5. The maximum Gasteiger partial charge on any atom is 0.166 e. The van der Waals surface area contributed by atoms with Crippen molar-refractivity contribution < 1.29 is 4.79 Å². The number of Topliss-reactive ketones (excluding diaryl/α,β-unsaturated/α-hetero) is 1. The Morgan fingerprint density at radius 1 is 1.12 bits per heavy atom. The Morgan fingerprint density at radius 3 is 2.62 bits per heavy atom. The van der Waals surface area contributed by atoms with Gasteiger partial charge in [-0.3, -0.25) is 4.79 Å². The number of carbonyl (C=O) groups is 1. The highest BCUT2D eigenvalue weighted by atomic mass is 32.1. The van der Waals surface area contributed by atoms with Gasteiger partial charge in [-0.2, -0.15) is 0 Å². The quantitative estimate of drug-likeness (QED) is 0.731. The van der Waals surface area contributed by atoms with Crippen LogP contribution in [0.4, 0.5) is 0 Å². The van der Waals surface area contributed by atoms with E-state index in [0.717, 1.165) is 12.0 Å². The van der Waals surface area contributed by atoms with E-state index < -0.39 is 0 Å². The van der Waals surface area contributed by atoms with Crippen LogP contribution < -0.4 is 0 Å². The molecular weight excluding hydrogens is 216 g/mol. The lowest BCUT2D eigenvalue weighted by Gasteiger charge is -1.98. The van der Waals surface area contributed by atoms with Crippen LogP contribution in [0.5, 0.6) is 0 Å². The van der Waals surface area contributed by atoms with Gasteiger partial charge in [-0.1, -0.05) is 36.4 Å². The zero-order valence-corrected chi connectivity index (χ0v) is 9.61. The standard InChI is InChI=1S/C14H12OS/c15-14(10-5-2-1-3-6-10)12-9-11(12)13-7-4-8-16-13/h1-8,11-12H,9H2/t11-,12-/m0/s1. The largest absolute Gasteiger partial charge is 0.294 e. The molecule has 0 spiro atoms. The van der Waals surface area contributed by atoms with Gasteiger partial charge in [0.25, 0.3) is 0 Å². The minimum atomic E-state index is 0.223. The van der Waals surface area contributed by atoms with E-state index in [0.29, 0.717) is 11.7 Å². The summed E-state index contributed by atoms with van der Waals surface area (Å²) in [5, 5.41) is 2.08. The zero-order valence-electron chi connectivity index (χ0n) is 8.80. The molecule has 1 aliphatic carbocycles. The molecule has 0 saturated heterocycles. The molecule has 1 aromatic heterocycles. The number of hydrogen-bond donors (Lipinski definition) is 0. The maximum absolute atomic E-state index is 12.1. The predicted octanol–water partition coefficient (Wildman–Crippen LogP) is 3.73. The number of rotatable bonds is 3. The second kappa shape index (κ2) is 3.87. The molecule has 1 saturated carbocycles. The fourth-order valence-corrected chi connectivity index (χ4v) is 3.02. The molecule has 1 heterocycles. The number of carbonyl (C=O) groups excluding carboxylic acids is 1. The molecule has 1 nitrogen and oxygen atoms in total. The lowest BCUT2D eigenvalue weighted by Crippen LogP contribution is -2.02. The van der Waals surface area contributed by atoms with Crippen molar-refractivity contribution >= 4 is 17.1 Å². The van der Waals surface area contributed by atoms with E-state index in [9.17, 15) is 4.79 Å². The third-order valence-electron chi connectivity index (χ3n) is 3.09. The number of hydrogen-bond acceptors (Lipinski definition) is 2. The van der Waals surface area contributed by atoms with Gasteiger partial charge in [0.2, 0.25) is 0 Å². The highest BCUT2D eigenvalue weighted by Gasteiger charge is 2.44. The molecule has 1 aliphatic rings. The van der Waals surface area contributed by atoms with Crippen molar-refractivity contribution in [1.29, 1.82) is 0 Å². The number of thiophene rings is 1. The molecule has 2 atom stereocenters. The van der Waals surface area contributed by atoms with E-state index in [1.165, 1.54) is 4.88 Å². The van der Waals surface area contributed by atoms with E-state index in [-0.39, 0.29) is 5.92 Å². The van der Waals surface area contributed by atoms with Crippen LogP contribution in [0.1, 0.15) is 27.6 Å². The molecule has 80 valence electrons. The smallest absolute Gasteiger partial charge is 0.166 e. The van der Waals surface area contributed by atoms with Crippen LogP contribution in [0.15, 0.2) is 47.8 Å². The Balaban J connectivity index is 1.76. The van der Waals surface area contributed by atoms with E-state index in [1.54, 1.807) is 11.3 Å². The molecule has 16 heavy (non-hydrogen) atoms. The van der Waals surface area contributed by atoms with Crippen LogP contribution in [-0.4, -0.2) is 5.78 Å². The Bertz CT molecular complexity index is 487. The van der Waals surface area contributed by atoms with Crippen LogP contribution in [0.25, 0.3) is 0 Å². The lowest BCUT2D eigenvalue weighted by molar-refractivity contribution is 0.0965. The monoisotopic (exact) mass is 228 g/mol. The fourth-order valence-electron chi connectivity index (χ4n) is 2.12. The first kappa shape index (κ1) is 9.79. The Morgan fingerprint density at radius 2 is 1.94 bits per heavy atom. The van der Waals surface area contributed by atoms with Crippen molar-refractivity contribution in [2.45, 2.75) is 12.3 Å². The second-order valence-corrected chi connectivity index (χ2v) is 5.17. The molecular formula is C14H12OS. The predicted molar refractivity (Wildman–Crippen MR) is 65.9 cm³/mol. The third-order valence-corrected chi connectivity index (χ3v) is 4.10. The Labute approximate surface area is 98.7 Å². The SMILES string of the molecule is O=C(c1ccccc1)[C@H]1C[C@@H]1c1cccs1. The van der Waals surface area contributed by atoms with Crippen LogP contribution in [-0.2, 0) is 0 Å². The van der Waals surface area contributed by atoms with E-state index in [2.05, 4.69) is 17.5 Å². The highest BCUT2D eigenvalue weighted by Crippen LogP contribution is 2.50. The van der Waals surface area contributed by atoms with Gasteiger partial charge in [0.15, 0.2) is 5.78 Å². The molecule has 0 amide bonds. The van der Waals surface area contributed by atoms with E-state index in [4.69, 9.17) is 0 Å². The molecule has 0 N–H and O–H groups in total. The summed E-state index contributed by atoms with van der Waals surface area (Å²) in [7, 11) is 0. The number of ketones is 1. The van der Waals surface area contributed by atoms with Gasteiger partial charge < -0.3 is 0 Å².